The summed E-state index contributed by atoms with van der Waals surface area (Å²) in [4.78, 5) is 31.9. The lowest BCUT2D eigenvalue weighted by Gasteiger charge is -2.04. The average molecular weight is 579 g/mol. The number of aryl methyl sites for hydroxylation is 4. The zero-order valence-corrected chi connectivity index (χ0v) is 24.7. The van der Waals surface area contributed by atoms with Crippen molar-refractivity contribution in [2.75, 3.05) is 0 Å². The van der Waals surface area contributed by atoms with Crippen LogP contribution in [-0.4, -0.2) is 35.1 Å². The van der Waals surface area contributed by atoms with Gasteiger partial charge in [0.05, 0.1) is 35.6 Å². The number of aliphatic carboxylic acids is 1. The molecule has 0 fully saturated rings. The average Bonchev–Trinajstić information content (AvgIpc) is 3.47. The summed E-state index contributed by atoms with van der Waals surface area (Å²) in [6.45, 7) is 8.06. The number of halogens is 1. The van der Waals surface area contributed by atoms with Crippen LogP contribution in [0.2, 0.25) is 0 Å². The molecular weight excluding hydrogens is 548 g/mol. The van der Waals surface area contributed by atoms with Crippen LogP contribution in [0.25, 0.3) is 33.8 Å². The summed E-state index contributed by atoms with van der Waals surface area (Å²) in [6, 6.07) is 24.0. The minimum Gasteiger partial charge on any atom is -0.481 e. The first kappa shape index (κ1) is 28.8. The first-order valence-electron chi connectivity index (χ1n) is 13.6. The Morgan fingerprint density at radius 3 is 1.38 bits per heavy atom. The highest BCUT2D eigenvalue weighted by Crippen LogP contribution is 2.27. The number of rotatable bonds is 6. The van der Waals surface area contributed by atoms with Crippen LogP contribution < -0.4 is 0 Å². The molecule has 1 N–H and O–H groups in total. The van der Waals surface area contributed by atoms with Crippen LogP contribution in [0.3, 0.4) is 0 Å². The number of nitrogens with zero attached hydrogens (tertiary/aromatic N) is 4. The molecule has 7 nitrogen and oxygen atoms in total. The van der Waals surface area contributed by atoms with Gasteiger partial charge in [0, 0.05) is 23.5 Å². The van der Waals surface area contributed by atoms with Gasteiger partial charge in [-0.15, -0.1) is 0 Å². The Morgan fingerprint density at radius 2 is 1.00 bits per heavy atom. The molecule has 212 valence electrons. The molecule has 42 heavy (non-hydrogen) atoms. The van der Waals surface area contributed by atoms with Crippen LogP contribution >= 0.6 is 11.6 Å². The molecule has 0 amide bonds. The van der Waals surface area contributed by atoms with Crippen LogP contribution in [-0.2, 0) is 22.4 Å². The van der Waals surface area contributed by atoms with E-state index in [1.807, 2.05) is 122 Å². The number of carbonyl (C=O) groups is 2. The summed E-state index contributed by atoms with van der Waals surface area (Å²) in [5, 5.41) is 8.81. The Bertz CT molecular complexity index is 1780. The lowest BCUT2D eigenvalue weighted by molar-refractivity contribution is -0.136. The normalized spacial score (nSPS) is 11.0. The van der Waals surface area contributed by atoms with Gasteiger partial charge in [-0.3, -0.25) is 9.59 Å². The number of fused-ring (bicyclic) bond motifs is 2. The van der Waals surface area contributed by atoms with Crippen molar-refractivity contribution in [1.82, 2.24) is 18.8 Å². The number of imidazole rings is 2. The lowest BCUT2D eigenvalue weighted by Crippen LogP contribution is -2.05. The molecule has 0 aliphatic rings. The van der Waals surface area contributed by atoms with Crippen molar-refractivity contribution in [2.45, 2.75) is 40.5 Å². The van der Waals surface area contributed by atoms with Gasteiger partial charge in [-0.1, -0.05) is 71.8 Å². The Morgan fingerprint density at radius 1 is 0.619 bits per heavy atom. The lowest BCUT2D eigenvalue weighted by atomic mass is 10.1. The molecule has 0 radical (unpaired) electrons. The van der Waals surface area contributed by atoms with E-state index >= 15 is 0 Å². The highest BCUT2D eigenvalue weighted by atomic mass is 35.5. The summed E-state index contributed by atoms with van der Waals surface area (Å²) >= 11 is 5.61. The van der Waals surface area contributed by atoms with Crippen molar-refractivity contribution in [1.29, 1.82) is 0 Å². The summed E-state index contributed by atoms with van der Waals surface area (Å²) in [5.74, 6) is -0.855. The molecule has 0 saturated heterocycles. The van der Waals surface area contributed by atoms with Gasteiger partial charge in [0.1, 0.15) is 11.3 Å². The molecule has 0 aliphatic carbocycles. The van der Waals surface area contributed by atoms with Crippen molar-refractivity contribution in [3.63, 3.8) is 0 Å². The van der Waals surface area contributed by atoms with Crippen molar-refractivity contribution in [3.8, 4) is 22.5 Å². The van der Waals surface area contributed by atoms with Crippen molar-refractivity contribution < 1.29 is 14.7 Å². The van der Waals surface area contributed by atoms with Gasteiger partial charge < -0.3 is 13.9 Å². The van der Waals surface area contributed by atoms with E-state index in [4.69, 9.17) is 11.6 Å². The summed E-state index contributed by atoms with van der Waals surface area (Å²) in [7, 11) is 0. The smallest absolute Gasteiger partial charge is 0.309 e. The monoisotopic (exact) mass is 578 g/mol. The molecule has 6 aromatic rings. The zero-order chi connectivity index (χ0) is 30.0. The van der Waals surface area contributed by atoms with E-state index in [1.165, 1.54) is 5.56 Å². The maximum Gasteiger partial charge on any atom is 0.309 e. The SMILES string of the molecule is Cc1ccc(-c2nc3ccc(C)cn3c2CC(=O)Cl)cc1.Cc1ccc(-c2nc3ccc(C)cn3c2CC(=O)O)cc1. The number of carboxylic acids is 1. The van der Waals surface area contributed by atoms with Crippen LogP contribution in [0.1, 0.15) is 33.6 Å². The van der Waals surface area contributed by atoms with Crippen molar-refractivity contribution >= 4 is 34.1 Å². The van der Waals surface area contributed by atoms with E-state index in [9.17, 15) is 14.7 Å². The first-order valence-corrected chi connectivity index (χ1v) is 14.0. The predicted octanol–water partition coefficient (Wildman–Crippen LogP) is 7.17. The van der Waals surface area contributed by atoms with Gasteiger partial charge in [-0.05, 0) is 62.6 Å². The third kappa shape index (κ3) is 6.26. The van der Waals surface area contributed by atoms with Crippen molar-refractivity contribution in [2.24, 2.45) is 0 Å². The van der Waals surface area contributed by atoms with E-state index in [1.54, 1.807) is 0 Å². The molecular formula is C34H31ClN4O3. The molecule has 2 aromatic carbocycles. The Hall–Kier alpha value is -4.75. The summed E-state index contributed by atoms with van der Waals surface area (Å²) in [5.41, 5.74) is 11.2. The maximum atomic E-state index is 11.4. The van der Waals surface area contributed by atoms with Crippen LogP contribution in [0.4, 0.5) is 0 Å². The highest BCUT2D eigenvalue weighted by Gasteiger charge is 2.17. The van der Waals surface area contributed by atoms with Gasteiger partial charge in [0.2, 0.25) is 5.24 Å². The summed E-state index contributed by atoms with van der Waals surface area (Å²) < 4.78 is 3.82. The molecule has 4 heterocycles. The third-order valence-corrected chi connectivity index (χ3v) is 7.14. The molecule has 6 rings (SSSR count). The number of hydrogen-bond donors (Lipinski definition) is 1. The Labute approximate surface area is 249 Å². The quantitative estimate of drug-likeness (QED) is 0.212. The minimum absolute atomic E-state index is 0.0478. The largest absolute Gasteiger partial charge is 0.481 e. The fraction of sp³-hybridized carbons (Fsp3) is 0.176. The predicted molar refractivity (Wildman–Crippen MR) is 166 cm³/mol. The van der Waals surface area contributed by atoms with E-state index < -0.39 is 5.97 Å². The third-order valence-electron chi connectivity index (χ3n) is 7.01. The number of pyridine rings is 2. The number of carbonyl (C=O) groups excluding carboxylic acids is 1. The van der Waals surface area contributed by atoms with E-state index in [0.717, 1.165) is 56.2 Å². The van der Waals surface area contributed by atoms with E-state index in [2.05, 4.69) is 9.97 Å². The number of carboxylic acid groups (broad SMARTS) is 1. The van der Waals surface area contributed by atoms with Gasteiger partial charge >= 0.3 is 5.97 Å². The van der Waals surface area contributed by atoms with Crippen LogP contribution in [0.15, 0.2) is 85.2 Å². The first-order chi connectivity index (χ1) is 20.1. The zero-order valence-electron chi connectivity index (χ0n) is 23.9. The number of benzene rings is 2. The summed E-state index contributed by atoms with van der Waals surface area (Å²) in [6.07, 6.45) is 4.02. The second-order valence-corrected chi connectivity index (χ2v) is 10.9. The van der Waals surface area contributed by atoms with Crippen molar-refractivity contribution in [3.05, 3.63) is 119 Å². The second kappa shape index (κ2) is 12.0. The highest BCUT2D eigenvalue weighted by molar-refractivity contribution is 6.63. The minimum atomic E-state index is -0.855. The number of hydrogen-bond acceptors (Lipinski definition) is 4. The second-order valence-electron chi connectivity index (χ2n) is 10.5. The fourth-order valence-corrected chi connectivity index (χ4v) is 5.02. The van der Waals surface area contributed by atoms with Gasteiger partial charge in [0.15, 0.2) is 0 Å². The number of aromatic nitrogens is 4. The van der Waals surface area contributed by atoms with Gasteiger partial charge in [0.25, 0.3) is 0 Å². The molecule has 8 heteroatoms. The van der Waals surface area contributed by atoms with E-state index in [0.29, 0.717) is 5.69 Å². The van der Waals surface area contributed by atoms with E-state index in [-0.39, 0.29) is 18.1 Å². The van der Waals surface area contributed by atoms with Gasteiger partial charge in [-0.2, -0.15) is 0 Å². The Balaban J connectivity index is 0.000000168. The molecule has 0 spiro atoms. The molecule has 0 saturated carbocycles. The molecule has 4 aromatic heterocycles. The molecule has 0 bridgehead atoms. The maximum absolute atomic E-state index is 11.4. The molecule has 0 aliphatic heterocycles. The molecule has 0 unspecified atom stereocenters. The fourth-order valence-electron chi connectivity index (χ4n) is 4.90. The van der Waals surface area contributed by atoms with Crippen LogP contribution in [0, 0.1) is 27.7 Å². The van der Waals surface area contributed by atoms with Crippen LogP contribution in [0.5, 0.6) is 0 Å². The Kier molecular flexibility index (Phi) is 8.22. The molecule has 0 atom stereocenters. The van der Waals surface area contributed by atoms with Gasteiger partial charge in [-0.25, -0.2) is 9.97 Å². The topological polar surface area (TPSA) is 89.0 Å². The standard InChI is InChI=1S/C17H15ClN2O.C17H16N2O2/c1-11-3-6-13(7-4-11)17-14(9-15(18)21)20-10-12(2)5-8-16(20)19-17;1-11-3-6-13(7-4-11)17-14(9-16(20)21)19-10-12(2)5-8-15(19)18-17/h3-8,10H,9H2,1-2H3;3-8,10H,9H2,1-2H3,(H,20,21).